The second-order valence-corrected chi connectivity index (χ2v) is 2.55. The van der Waals surface area contributed by atoms with Crippen molar-refractivity contribution in [3.05, 3.63) is 18.2 Å². The van der Waals surface area contributed by atoms with Crippen molar-refractivity contribution in [2.75, 3.05) is 7.05 Å². The molecule has 0 unspecified atom stereocenters. The van der Waals surface area contributed by atoms with Gasteiger partial charge in [-0.15, -0.1) is 0 Å². The molecule has 0 fully saturated rings. The summed E-state index contributed by atoms with van der Waals surface area (Å²) < 4.78 is 37.4. The number of likely N-dealkylation sites (N-methyl/N-ethyl adjacent to an activating group) is 1. The number of nitrogens with zero attached hydrogens (tertiary/aromatic N) is 2. The maximum atomic E-state index is 12.2. The highest BCUT2D eigenvalue weighted by Gasteiger charge is 2.36. The summed E-state index contributed by atoms with van der Waals surface area (Å²) in [5.74, 6) is -1.57. The van der Waals surface area contributed by atoms with Gasteiger partial charge in [-0.05, 0) is 0 Å². The van der Waals surface area contributed by atoms with Gasteiger partial charge in [0.15, 0.2) is 0 Å². The summed E-state index contributed by atoms with van der Waals surface area (Å²) in [6, 6.07) is 0. The van der Waals surface area contributed by atoms with Gasteiger partial charge in [-0.1, -0.05) is 0 Å². The molecule has 14 heavy (non-hydrogen) atoms. The Labute approximate surface area is 77.7 Å². The number of rotatable bonds is 2. The van der Waals surface area contributed by atoms with Crippen LogP contribution in [0.2, 0.25) is 0 Å². The van der Waals surface area contributed by atoms with E-state index in [0.717, 1.165) is 17.0 Å². The van der Waals surface area contributed by atoms with Gasteiger partial charge in [0.05, 0.1) is 0 Å². The maximum absolute atomic E-state index is 12.2. The number of carbonyl (C=O) groups excluding carboxylic acids is 1. The number of aromatic nitrogens is 2. The van der Waals surface area contributed by atoms with Gasteiger partial charge in [0.2, 0.25) is 11.7 Å². The molecule has 1 N–H and O–H groups in total. The Balaban J connectivity index is 2.88. The zero-order valence-corrected chi connectivity index (χ0v) is 7.30. The highest BCUT2D eigenvalue weighted by atomic mass is 19.4. The molecule has 78 valence electrons. The van der Waals surface area contributed by atoms with E-state index < -0.39 is 17.9 Å². The molecule has 0 atom stereocenters. The molecule has 0 aliphatic rings. The Bertz CT molecular complexity index is 331. The molecule has 0 aromatic carbocycles. The van der Waals surface area contributed by atoms with Gasteiger partial charge in [0, 0.05) is 19.4 Å². The van der Waals surface area contributed by atoms with Gasteiger partial charge in [-0.3, -0.25) is 4.79 Å². The summed E-state index contributed by atoms with van der Waals surface area (Å²) in [7, 11) is 1.35. The van der Waals surface area contributed by atoms with E-state index in [1.165, 1.54) is 7.05 Å². The van der Waals surface area contributed by atoms with Crippen LogP contribution in [0.3, 0.4) is 0 Å². The first-order valence-electron chi connectivity index (χ1n) is 3.74. The van der Waals surface area contributed by atoms with Crippen LogP contribution in [-0.4, -0.2) is 22.5 Å². The molecule has 0 aliphatic carbocycles. The number of alkyl halides is 3. The molecule has 0 radical (unpaired) electrons. The van der Waals surface area contributed by atoms with Crippen molar-refractivity contribution in [2.45, 2.75) is 12.7 Å². The second kappa shape index (κ2) is 3.69. The minimum Gasteiger partial charge on any atom is -0.358 e. The smallest absolute Gasteiger partial charge is 0.358 e. The normalized spacial score (nSPS) is 11.4. The predicted molar refractivity (Wildman–Crippen MR) is 41.3 cm³/mol. The van der Waals surface area contributed by atoms with E-state index in [2.05, 4.69) is 10.3 Å². The first-order valence-corrected chi connectivity index (χ1v) is 3.74. The van der Waals surface area contributed by atoms with Crippen LogP contribution in [0.5, 0.6) is 0 Å². The van der Waals surface area contributed by atoms with Crippen LogP contribution in [0.4, 0.5) is 13.2 Å². The fourth-order valence-electron chi connectivity index (χ4n) is 0.927. The quantitative estimate of drug-likeness (QED) is 0.773. The number of hydrogen-bond donors (Lipinski definition) is 1. The first kappa shape index (κ1) is 10.6. The fourth-order valence-corrected chi connectivity index (χ4v) is 0.927. The number of nitrogens with one attached hydrogen (secondary N) is 1. The van der Waals surface area contributed by atoms with Gasteiger partial charge in [0.25, 0.3) is 0 Å². The monoisotopic (exact) mass is 207 g/mol. The molecule has 7 heteroatoms. The average Bonchev–Trinajstić information content (AvgIpc) is 2.51. The van der Waals surface area contributed by atoms with Crippen molar-refractivity contribution >= 4 is 5.91 Å². The zero-order valence-electron chi connectivity index (χ0n) is 7.30. The molecule has 0 bridgehead atoms. The van der Waals surface area contributed by atoms with Crippen LogP contribution < -0.4 is 5.32 Å². The lowest BCUT2D eigenvalue weighted by Crippen LogP contribution is -2.26. The van der Waals surface area contributed by atoms with Crippen LogP contribution in [0, 0.1) is 0 Å². The van der Waals surface area contributed by atoms with Crippen LogP contribution in [-0.2, 0) is 17.5 Å². The van der Waals surface area contributed by atoms with E-state index >= 15 is 0 Å². The zero-order chi connectivity index (χ0) is 10.8. The highest BCUT2D eigenvalue weighted by Crippen LogP contribution is 2.27. The second-order valence-electron chi connectivity index (χ2n) is 2.55. The first-order chi connectivity index (χ1) is 6.45. The molecular formula is C7H8F3N3O. The molecular weight excluding hydrogens is 199 g/mol. The van der Waals surface area contributed by atoms with E-state index in [0.29, 0.717) is 0 Å². The van der Waals surface area contributed by atoms with E-state index in [-0.39, 0.29) is 6.54 Å². The minimum absolute atomic E-state index is 0.384. The van der Waals surface area contributed by atoms with Gasteiger partial charge in [-0.2, -0.15) is 13.2 Å². The highest BCUT2D eigenvalue weighted by molar-refractivity contribution is 5.75. The van der Waals surface area contributed by atoms with E-state index in [1.807, 2.05) is 0 Å². The van der Waals surface area contributed by atoms with Gasteiger partial charge in [-0.25, -0.2) is 4.98 Å². The molecule has 0 spiro atoms. The third kappa shape index (κ3) is 2.24. The maximum Gasteiger partial charge on any atom is 0.449 e. The predicted octanol–water partition coefficient (Wildman–Crippen LogP) is 0.648. The molecule has 1 aromatic heterocycles. The van der Waals surface area contributed by atoms with Crippen molar-refractivity contribution in [3.63, 3.8) is 0 Å². The van der Waals surface area contributed by atoms with Crippen molar-refractivity contribution in [1.29, 1.82) is 0 Å². The summed E-state index contributed by atoms with van der Waals surface area (Å²) in [5.41, 5.74) is 0. The Morgan fingerprint density at radius 1 is 1.64 bits per heavy atom. The van der Waals surface area contributed by atoms with Gasteiger partial charge < -0.3 is 9.88 Å². The largest absolute Gasteiger partial charge is 0.449 e. The number of halogens is 3. The summed E-state index contributed by atoms with van der Waals surface area (Å²) in [6.07, 6.45) is -2.42. The Morgan fingerprint density at radius 2 is 2.29 bits per heavy atom. The van der Waals surface area contributed by atoms with Gasteiger partial charge in [0.1, 0.15) is 6.54 Å². The molecule has 0 aliphatic heterocycles. The van der Waals surface area contributed by atoms with E-state index in [9.17, 15) is 18.0 Å². The van der Waals surface area contributed by atoms with Crippen molar-refractivity contribution in [1.82, 2.24) is 14.9 Å². The summed E-state index contributed by atoms with van der Waals surface area (Å²) >= 11 is 0. The van der Waals surface area contributed by atoms with Crippen molar-refractivity contribution in [2.24, 2.45) is 0 Å². The minimum atomic E-state index is -4.53. The fraction of sp³-hybridized carbons (Fsp3) is 0.429. The molecule has 1 heterocycles. The van der Waals surface area contributed by atoms with Crippen LogP contribution in [0.1, 0.15) is 5.82 Å². The number of carbonyl (C=O) groups is 1. The summed E-state index contributed by atoms with van der Waals surface area (Å²) in [4.78, 5) is 14.0. The lowest BCUT2D eigenvalue weighted by Gasteiger charge is -2.08. The number of hydrogen-bond acceptors (Lipinski definition) is 2. The lowest BCUT2D eigenvalue weighted by atomic mass is 10.5. The van der Waals surface area contributed by atoms with Crippen molar-refractivity contribution < 1.29 is 18.0 Å². The number of imidazole rings is 1. The summed E-state index contributed by atoms with van der Waals surface area (Å²) in [5, 5.41) is 2.23. The van der Waals surface area contributed by atoms with Crippen molar-refractivity contribution in [3.8, 4) is 0 Å². The van der Waals surface area contributed by atoms with Gasteiger partial charge >= 0.3 is 6.18 Å². The third-order valence-electron chi connectivity index (χ3n) is 1.56. The third-order valence-corrected chi connectivity index (χ3v) is 1.56. The molecule has 1 amide bonds. The molecule has 0 saturated heterocycles. The summed E-state index contributed by atoms with van der Waals surface area (Å²) in [6.45, 7) is -0.384. The molecule has 4 nitrogen and oxygen atoms in total. The standard InChI is InChI=1S/C7H8F3N3O/c1-11-5(14)4-13-3-2-12-6(13)7(8,9)10/h2-3H,4H2,1H3,(H,11,14). The molecule has 1 aromatic rings. The molecule has 0 saturated carbocycles. The number of amides is 1. The Morgan fingerprint density at radius 3 is 2.79 bits per heavy atom. The van der Waals surface area contributed by atoms with E-state index in [1.54, 1.807) is 0 Å². The Kier molecular flexibility index (Phi) is 2.78. The SMILES string of the molecule is CNC(=O)Cn1ccnc1C(F)(F)F. The van der Waals surface area contributed by atoms with E-state index in [4.69, 9.17) is 0 Å². The van der Waals surface area contributed by atoms with Crippen LogP contribution >= 0.6 is 0 Å². The average molecular weight is 207 g/mol. The van der Waals surface area contributed by atoms with Crippen LogP contribution in [0.15, 0.2) is 12.4 Å². The lowest BCUT2D eigenvalue weighted by molar-refractivity contribution is -0.147. The van der Waals surface area contributed by atoms with Crippen LogP contribution in [0.25, 0.3) is 0 Å². The molecule has 1 rings (SSSR count). The topological polar surface area (TPSA) is 46.9 Å². The Hall–Kier alpha value is -1.53.